The number of nitrogens with zero attached hydrogens (tertiary/aromatic N) is 1. The van der Waals surface area contributed by atoms with Gasteiger partial charge in [-0.05, 0) is 56.1 Å². The Morgan fingerprint density at radius 1 is 1.17 bits per heavy atom. The standard InChI is InChI=1S/C16H26N2O4S/c1-3-5-10-18(9-4-2)11-8-13-12-14(23(17,21)22)6-7-15(13)16(19)20/h6-7,12H,3-5,8-11H2,1-2H3,(H,19,20)(H2,17,21,22). The normalized spacial score (nSPS) is 11.8. The van der Waals surface area contributed by atoms with Gasteiger partial charge in [0.25, 0.3) is 0 Å². The monoisotopic (exact) mass is 342 g/mol. The molecule has 1 aromatic rings. The maximum atomic E-state index is 11.5. The number of carboxylic acid groups (broad SMARTS) is 1. The lowest BCUT2D eigenvalue weighted by molar-refractivity contribution is 0.0695. The van der Waals surface area contributed by atoms with Gasteiger partial charge in [0.1, 0.15) is 0 Å². The van der Waals surface area contributed by atoms with Gasteiger partial charge in [-0.3, -0.25) is 0 Å². The third kappa shape index (κ3) is 6.29. The topological polar surface area (TPSA) is 101 Å². The molecular formula is C16H26N2O4S. The molecule has 0 saturated heterocycles. The van der Waals surface area contributed by atoms with Crippen molar-refractivity contribution >= 4 is 16.0 Å². The number of sulfonamides is 1. The highest BCUT2D eigenvalue weighted by Gasteiger charge is 2.16. The van der Waals surface area contributed by atoms with Crippen LogP contribution in [0.4, 0.5) is 0 Å². The van der Waals surface area contributed by atoms with E-state index in [9.17, 15) is 18.3 Å². The van der Waals surface area contributed by atoms with Crippen LogP contribution >= 0.6 is 0 Å². The molecule has 0 bridgehead atoms. The summed E-state index contributed by atoms with van der Waals surface area (Å²) in [6.45, 7) is 6.83. The van der Waals surface area contributed by atoms with Gasteiger partial charge in [-0.25, -0.2) is 18.4 Å². The van der Waals surface area contributed by atoms with E-state index in [0.717, 1.165) is 32.4 Å². The molecule has 7 heteroatoms. The first kappa shape index (κ1) is 19.6. The zero-order chi connectivity index (χ0) is 17.5. The quantitative estimate of drug-likeness (QED) is 0.678. The van der Waals surface area contributed by atoms with Crippen LogP contribution in [0.3, 0.4) is 0 Å². The first-order valence-corrected chi connectivity index (χ1v) is 9.45. The van der Waals surface area contributed by atoms with E-state index < -0.39 is 16.0 Å². The Labute approximate surface area is 138 Å². The summed E-state index contributed by atoms with van der Waals surface area (Å²) in [5.74, 6) is -1.06. The van der Waals surface area contributed by atoms with E-state index in [1.165, 1.54) is 18.2 Å². The van der Waals surface area contributed by atoms with Crippen molar-refractivity contribution in [1.82, 2.24) is 4.90 Å². The molecule has 0 aliphatic heterocycles. The molecule has 3 N–H and O–H groups in total. The fraction of sp³-hybridized carbons (Fsp3) is 0.562. The van der Waals surface area contributed by atoms with Crippen molar-refractivity contribution < 1.29 is 18.3 Å². The SMILES string of the molecule is CCCCN(CCC)CCc1cc(S(N)(=O)=O)ccc1C(=O)O. The minimum absolute atomic E-state index is 0.0481. The Morgan fingerprint density at radius 2 is 1.87 bits per heavy atom. The van der Waals surface area contributed by atoms with Gasteiger partial charge in [0, 0.05) is 6.54 Å². The smallest absolute Gasteiger partial charge is 0.335 e. The average Bonchev–Trinajstić information content (AvgIpc) is 2.48. The summed E-state index contributed by atoms with van der Waals surface area (Å²) in [7, 11) is -3.84. The number of aromatic carboxylic acids is 1. The first-order valence-electron chi connectivity index (χ1n) is 7.91. The molecule has 23 heavy (non-hydrogen) atoms. The molecule has 0 atom stereocenters. The molecule has 0 saturated carbocycles. The Kier molecular flexibility index (Phi) is 7.67. The van der Waals surface area contributed by atoms with Crippen LogP contribution in [-0.4, -0.2) is 44.0 Å². The second-order valence-electron chi connectivity index (χ2n) is 5.61. The van der Waals surface area contributed by atoms with E-state index in [1.54, 1.807) is 0 Å². The molecule has 130 valence electrons. The molecule has 0 spiro atoms. The van der Waals surface area contributed by atoms with Crippen LogP contribution in [0.1, 0.15) is 49.0 Å². The molecular weight excluding hydrogens is 316 g/mol. The molecule has 1 rings (SSSR count). The lowest BCUT2D eigenvalue weighted by Crippen LogP contribution is -2.28. The summed E-state index contributed by atoms with van der Waals surface area (Å²) in [5, 5.41) is 14.4. The van der Waals surface area contributed by atoms with E-state index in [0.29, 0.717) is 18.5 Å². The van der Waals surface area contributed by atoms with E-state index >= 15 is 0 Å². The summed E-state index contributed by atoms with van der Waals surface area (Å²) in [6.07, 6.45) is 3.69. The maximum Gasteiger partial charge on any atom is 0.335 e. The molecule has 1 aromatic carbocycles. The minimum atomic E-state index is -3.84. The summed E-state index contributed by atoms with van der Waals surface area (Å²) in [6, 6.07) is 3.93. The predicted molar refractivity (Wildman–Crippen MR) is 90.1 cm³/mol. The second-order valence-corrected chi connectivity index (χ2v) is 7.18. The largest absolute Gasteiger partial charge is 0.478 e. The van der Waals surface area contributed by atoms with Crippen molar-refractivity contribution in [2.45, 2.75) is 44.4 Å². The number of hydrogen-bond acceptors (Lipinski definition) is 4. The minimum Gasteiger partial charge on any atom is -0.478 e. The Morgan fingerprint density at radius 3 is 2.39 bits per heavy atom. The highest BCUT2D eigenvalue weighted by atomic mass is 32.2. The number of rotatable bonds is 10. The Bertz CT molecular complexity index is 629. The van der Waals surface area contributed by atoms with Crippen molar-refractivity contribution in [3.05, 3.63) is 29.3 Å². The highest BCUT2D eigenvalue weighted by Crippen LogP contribution is 2.17. The fourth-order valence-corrected chi connectivity index (χ4v) is 3.04. The van der Waals surface area contributed by atoms with Gasteiger partial charge in [-0.2, -0.15) is 0 Å². The van der Waals surface area contributed by atoms with Gasteiger partial charge in [-0.15, -0.1) is 0 Å². The highest BCUT2D eigenvalue weighted by molar-refractivity contribution is 7.89. The number of carboxylic acids is 1. The van der Waals surface area contributed by atoms with Crippen LogP contribution < -0.4 is 5.14 Å². The zero-order valence-corrected chi connectivity index (χ0v) is 14.6. The number of unbranched alkanes of at least 4 members (excludes halogenated alkanes) is 1. The van der Waals surface area contributed by atoms with Crippen molar-refractivity contribution in [3.63, 3.8) is 0 Å². The van der Waals surface area contributed by atoms with Gasteiger partial charge < -0.3 is 10.0 Å². The number of nitrogens with two attached hydrogens (primary N) is 1. The van der Waals surface area contributed by atoms with Crippen molar-refractivity contribution in [2.24, 2.45) is 5.14 Å². The van der Waals surface area contributed by atoms with Crippen LogP contribution in [0.25, 0.3) is 0 Å². The Hall–Kier alpha value is -1.44. The lowest BCUT2D eigenvalue weighted by atomic mass is 10.0. The maximum absolute atomic E-state index is 11.5. The van der Waals surface area contributed by atoms with Gasteiger partial charge >= 0.3 is 5.97 Å². The molecule has 0 unspecified atom stereocenters. The lowest BCUT2D eigenvalue weighted by Gasteiger charge is -2.22. The molecule has 0 aliphatic rings. The molecule has 0 heterocycles. The van der Waals surface area contributed by atoms with Gasteiger partial charge in [0.05, 0.1) is 10.5 Å². The third-order valence-electron chi connectivity index (χ3n) is 3.70. The van der Waals surface area contributed by atoms with Gasteiger partial charge in [0.2, 0.25) is 10.0 Å². The second kappa shape index (κ2) is 9.00. The molecule has 0 amide bonds. The molecule has 0 aromatic heterocycles. The number of benzene rings is 1. The van der Waals surface area contributed by atoms with Crippen molar-refractivity contribution in [1.29, 1.82) is 0 Å². The van der Waals surface area contributed by atoms with Crippen LogP contribution in [-0.2, 0) is 16.4 Å². The van der Waals surface area contributed by atoms with Crippen molar-refractivity contribution in [2.75, 3.05) is 19.6 Å². The predicted octanol–water partition coefficient (Wildman–Crippen LogP) is 2.09. The first-order chi connectivity index (χ1) is 10.8. The summed E-state index contributed by atoms with van der Waals surface area (Å²) >= 11 is 0. The Balaban J connectivity index is 2.97. The summed E-state index contributed by atoms with van der Waals surface area (Å²) in [5.41, 5.74) is 0.631. The summed E-state index contributed by atoms with van der Waals surface area (Å²) < 4.78 is 22.9. The molecule has 0 aliphatic carbocycles. The fourth-order valence-electron chi connectivity index (χ4n) is 2.47. The zero-order valence-electron chi connectivity index (χ0n) is 13.8. The van der Waals surface area contributed by atoms with Crippen LogP contribution in [0.2, 0.25) is 0 Å². The number of hydrogen-bond donors (Lipinski definition) is 2. The van der Waals surface area contributed by atoms with Gasteiger partial charge in [-0.1, -0.05) is 20.3 Å². The molecule has 6 nitrogen and oxygen atoms in total. The average molecular weight is 342 g/mol. The van der Waals surface area contributed by atoms with Gasteiger partial charge in [0.15, 0.2) is 0 Å². The number of carbonyl (C=O) groups is 1. The van der Waals surface area contributed by atoms with Crippen molar-refractivity contribution in [3.8, 4) is 0 Å². The summed E-state index contributed by atoms with van der Waals surface area (Å²) in [4.78, 5) is 13.6. The molecule has 0 radical (unpaired) electrons. The molecule has 0 fully saturated rings. The number of primary sulfonamides is 1. The van der Waals surface area contributed by atoms with E-state index in [4.69, 9.17) is 5.14 Å². The van der Waals surface area contributed by atoms with Crippen LogP contribution in [0.15, 0.2) is 23.1 Å². The van der Waals surface area contributed by atoms with E-state index in [1.807, 2.05) is 0 Å². The van der Waals surface area contributed by atoms with Crippen LogP contribution in [0, 0.1) is 0 Å². The van der Waals surface area contributed by atoms with E-state index in [-0.39, 0.29) is 10.5 Å². The third-order valence-corrected chi connectivity index (χ3v) is 4.61. The van der Waals surface area contributed by atoms with E-state index in [2.05, 4.69) is 18.7 Å². The van der Waals surface area contributed by atoms with Crippen LogP contribution in [0.5, 0.6) is 0 Å².